The highest BCUT2D eigenvalue weighted by molar-refractivity contribution is 7.09. The number of rotatable bonds is 6. The van der Waals surface area contributed by atoms with Gasteiger partial charge in [-0.3, -0.25) is 0 Å². The first-order valence-corrected chi connectivity index (χ1v) is 6.48. The Labute approximate surface area is 96.5 Å². The lowest BCUT2D eigenvalue weighted by atomic mass is 10.0. The van der Waals surface area contributed by atoms with E-state index in [4.69, 9.17) is 0 Å². The molecule has 0 fully saturated rings. The zero-order valence-corrected chi connectivity index (χ0v) is 10.9. The number of nitrogens with one attached hydrogen (secondary N) is 1. The number of aryl methyl sites for hydroxylation is 1. The third-order valence-corrected chi connectivity index (χ3v) is 3.02. The van der Waals surface area contributed by atoms with Crippen LogP contribution in [0.15, 0.2) is 0 Å². The molecule has 0 aliphatic heterocycles. The van der Waals surface area contributed by atoms with E-state index in [1.54, 1.807) is 0 Å². The number of hydrogen-bond acceptors (Lipinski definition) is 4. The third kappa shape index (κ3) is 4.60. The van der Waals surface area contributed by atoms with Crippen LogP contribution in [0.5, 0.6) is 0 Å². The summed E-state index contributed by atoms with van der Waals surface area (Å²) in [6.45, 7) is 8.79. The molecule has 86 valence electrons. The van der Waals surface area contributed by atoms with Crippen LogP contribution in [0.25, 0.3) is 0 Å². The van der Waals surface area contributed by atoms with E-state index in [0.717, 1.165) is 23.3 Å². The Balaban J connectivity index is 2.33. The van der Waals surface area contributed by atoms with Crippen LogP contribution in [0.1, 0.15) is 46.4 Å². The lowest BCUT2D eigenvalue weighted by Gasteiger charge is -2.13. The molecule has 1 N–H and O–H groups in total. The Morgan fingerprint density at radius 2 is 2.00 bits per heavy atom. The monoisotopic (exact) mass is 227 g/mol. The molecule has 3 nitrogen and oxygen atoms in total. The van der Waals surface area contributed by atoms with Gasteiger partial charge >= 0.3 is 0 Å². The molecule has 1 atom stereocenters. The summed E-state index contributed by atoms with van der Waals surface area (Å²) in [7, 11) is 0. The van der Waals surface area contributed by atoms with Gasteiger partial charge in [0, 0.05) is 24.0 Å². The summed E-state index contributed by atoms with van der Waals surface area (Å²) >= 11 is 1.46. The molecule has 1 unspecified atom stereocenters. The van der Waals surface area contributed by atoms with Crippen molar-refractivity contribution in [3.05, 3.63) is 5.82 Å². The summed E-state index contributed by atoms with van der Waals surface area (Å²) in [6.07, 6.45) is 3.37. The highest BCUT2D eigenvalue weighted by Crippen LogP contribution is 2.15. The first kappa shape index (κ1) is 12.4. The van der Waals surface area contributed by atoms with E-state index in [0.29, 0.717) is 6.04 Å². The smallest absolute Gasteiger partial charge is 0.202 e. The second kappa shape index (κ2) is 6.05. The molecule has 4 heteroatoms. The Hall–Kier alpha value is -0.640. The van der Waals surface area contributed by atoms with Crippen molar-refractivity contribution in [2.24, 2.45) is 5.92 Å². The van der Waals surface area contributed by atoms with E-state index in [1.165, 1.54) is 24.4 Å². The van der Waals surface area contributed by atoms with E-state index in [-0.39, 0.29) is 0 Å². The maximum Gasteiger partial charge on any atom is 0.202 e. The van der Waals surface area contributed by atoms with E-state index in [1.807, 2.05) is 0 Å². The van der Waals surface area contributed by atoms with Crippen molar-refractivity contribution in [2.75, 3.05) is 5.32 Å². The maximum absolute atomic E-state index is 4.39. The largest absolute Gasteiger partial charge is 0.358 e. The van der Waals surface area contributed by atoms with Gasteiger partial charge in [-0.2, -0.15) is 4.37 Å². The van der Waals surface area contributed by atoms with Crippen LogP contribution in [0.3, 0.4) is 0 Å². The minimum absolute atomic E-state index is 0.491. The number of nitrogens with zero attached hydrogens (tertiary/aromatic N) is 2. The fraction of sp³-hybridized carbons (Fsp3) is 0.818. The minimum Gasteiger partial charge on any atom is -0.358 e. The predicted octanol–water partition coefficient (Wildman–Crippen LogP) is 3.34. The zero-order chi connectivity index (χ0) is 11.3. The molecule has 1 aromatic rings. The molecule has 1 heterocycles. The second-order valence-corrected chi connectivity index (χ2v) is 5.14. The van der Waals surface area contributed by atoms with Crippen molar-refractivity contribution in [2.45, 2.75) is 53.0 Å². The first-order chi connectivity index (χ1) is 7.11. The summed E-state index contributed by atoms with van der Waals surface area (Å²) in [5, 5.41) is 4.36. The Morgan fingerprint density at radius 3 is 2.53 bits per heavy atom. The highest BCUT2D eigenvalue weighted by Gasteiger charge is 2.07. The molecule has 1 rings (SSSR count). The average molecular weight is 227 g/mol. The first-order valence-electron chi connectivity index (χ1n) is 5.71. The standard InChI is InChI=1S/C11H21N3S/c1-5-10-13-11(15-14-10)12-9(4)7-6-8(2)3/h8-9H,5-7H2,1-4H3,(H,12,13,14). The molecule has 0 aromatic carbocycles. The van der Waals surface area contributed by atoms with E-state index in [2.05, 4.69) is 42.4 Å². The second-order valence-electron chi connectivity index (χ2n) is 4.39. The van der Waals surface area contributed by atoms with Gasteiger partial charge in [0.15, 0.2) is 0 Å². The number of anilines is 1. The zero-order valence-electron chi connectivity index (χ0n) is 10.1. The Bertz CT molecular complexity index is 283. The summed E-state index contributed by atoms with van der Waals surface area (Å²) in [5.41, 5.74) is 0. The molecule has 1 aromatic heterocycles. The molecule has 15 heavy (non-hydrogen) atoms. The van der Waals surface area contributed by atoms with Crippen LogP contribution in [0, 0.1) is 5.92 Å². The molecule has 0 spiro atoms. The Morgan fingerprint density at radius 1 is 1.27 bits per heavy atom. The number of aromatic nitrogens is 2. The summed E-state index contributed by atoms with van der Waals surface area (Å²) in [6, 6.07) is 0.491. The van der Waals surface area contributed by atoms with Crippen LogP contribution in [-0.2, 0) is 6.42 Å². The quantitative estimate of drug-likeness (QED) is 0.810. The molecule has 0 aliphatic rings. The van der Waals surface area contributed by atoms with Crippen LogP contribution >= 0.6 is 11.5 Å². The fourth-order valence-electron chi connectivity index (χ4n) is 1.32. The Kier molecular flexibility index (Phi) is 5.02. The van der Waals surface area contributed by atoms with Gasteiger partial charge in [-0.1, -0.05) is 20.8 Å². The maximum atomic E-state index is 4.39. The van der Waals surface area contributed by atoms with Gasteiger partial charge in [0.05, 0.1) is 0 Å². The van der Waals surface area contributed by atoms with Crippen molar-refractivity contribution < 1.29 is 0 Å². The van der Waals surface area contributed by atoms with Crippen molar-refractivity contribution in [3.63, 3.8) is 0 Å². The van der Waals surface area contributed by atoms with Gasteiger partial charge in [-0.25, -0.2) is 4.98 Å². The molecule has 0 bridgehead atoms. The highest BCUT2D eigenvalue weighted by atomic mass is 32.1. The lowest BCUT2D eigenvalue weighted by molar-refractivity contribution is 0.527. The van der Waals surface area contributed by atoms with E-state index in [9.17, 15) is 0 Å². The number of hydrogen-bond donors (Lipinski definition) is 1. The van der Waals surface area contributed by atoms with Crippen LogP contribution in [-0.4, -0.2) is 15.4 Å². The molecule has 0 saturated carbocycles. The normalized spacial score (nSPS) is 13.1. The summed E-state index contributed by atoms with van der Waals surface area (Å²) < 4.78 is 4.25. The van der Waals surface area contributed by atoms with Gasteiger partial charge in [0.2, 0.25) is 5.13 Å². The van der Waals surface area contributed by atoms with Gasteiger partial charge in [0.1, 0.15) is 5.82 Å². The van der Waals surface area contributed by atoms with Crippen molar-refractivity contribution in [1.29, 1.82) is 0 Å². The predicted molar refractivity (Wildman–Crippen MR) is 66.4 cm³/mol. The van der Waals surface area contributed by atoms with Crippen molar-refractivity contribution in [1.82, 2.24) is 9.36 Å². The summed E-state index contributed by atoms with van der Waals surface area (Å²) in [5.74, 6) is 1.72. The van der Waals surface area contributed by atoms with Gasteiger partial charge in [-0.05, 0) is 25.7 Å². The molecule has 0 radical (unpaired) electrons. The minimum atomic E-state index is 0.491. The molecular weight excluding hydrogens is 206 g/mol. The van der Waals surface area contributed by atoms with Gasteiger partial charge in [-0.15, -0.1) is 0 Å². The van der Waals surface area contributed by atoms with Gasteiger partial charge < -0.3 is 5.32 Å². The van der Waals surface area contributed by atoms with Crippen LogP contribution in [0.4, 0.5) is 5.13 Å². The average Bonchev–Trinajstić information content (AvgIpc) is 2.62. The lowest BCUT2D eigenvalue weighted by Crippen LogP contribution is -2.15. The van der Waals surface area contributed by atoms with E-state index < -0.39 is 0 Å². The van der Waals surface area contributed by atoms with Gasteiger partial charge in [0.25, 0.3) is 0 Å². The molecule has 0 saturated heterocycles. The van der Waals surface area contributed by atoms with Crippen molar-refractivity contribution >= 4 is 16.7 Å². The van der Waals surface area contributed by atoms with Crippen LogP contribution < -0.4 is 5.32 Å². The summed E-state index contributed by atoms with van der Waals surface area (Å²) in [4.78, 5) is 4.39. The third-order valence-electron chi connectivity index (χ3n) is 2.33. The van der Waals surface area contributed by atoms with E-state index >= 15 is 0 Å². The van der Waals surface area contributed by atoms with Crippen LogP contribution in [0.2, 0.25) is 0 Å². The van der Waals surface area contributed by atoms with Crippen molar-refractivity contribution in [3.8, 4) is 0 Å². The molecule has 0 aliphatic carbocycles. The fourth-order valence-corrected chi connectivity index (χ4v) is 2.08. The SMILES string of the molecule is CCc1nsc(NC(C)CCC(C)C)n1. The molecule has 0 amide bonds. The molecular formula is C11H21N3S. The topological polar surface area (TPSA) is 37.8 Å².